The van der Waals surface area contributed by atoms with Crippen LogP contribution in [0.25, 0.3) is 10.8 Å². The molecule has 0 spiro atoms. The van der Waals surface area contributed by atoms with Crippen LogP contribution in [0.2, 0.25) is 0 Å². The van der Waals surface area contributed by atoms with Gasteiger partial charge in [0.25, 0.3) is 0 Å². The van der Waals surface area contributed by atoms with Crippen molar-refractivity contribution in [1.29, 1.82) is 0 Å². The number of aromatic nitrogens is 1. The monoisotopic (exact) mass is 299 g/mol. The van der Waals surface area contributed by atoms with Crippen molar-refractivity contribution in [3.8, 4) is 11.5 Å². The first kappa shape index (κ1) is 13.6. The Labute approximate surface area is 130 Å². The lowest BCUT2D eigenvalue weighted by molar-refractivity contribution is 0.297. The van der Waals surface area contributed by atoms with E-state index in [1.165, 1.54) is 0 Å². The third kappa shape index (κ3) is 2.68. The molecule has 0 unspecified atom stereocenters. The highest BCUT2D eigenvalue weighted by Gasteiger charge is 2.17. The lowest BCUT2D eigenvalue weighted by Gasteiger charge is -2.24. The van der Waals surface area contributed by atoms with Crippen LogP contribution in [0.5, 0.6) is 11.5 Å². The SMILES string of the molecule is c1cc2cc3c(cc2c(NC2CCNCC2)n1)OCCCO3. The maximum atomic E-state index is 5.81. The molecule has 0 amide bonds. The zero-order valence-corrected chi connectivity index (χ0v) is 12.6. The highest BCUT2D eigenvalue weighted by molar-refractivity contribution is 5.94. The summed E-state index contributed by atoms with van der Waals surface area (Å²) >= 11 is 0. The van der Waals surface area contributed by atoms with Gasteiger partial charge in [-0.05, 0) is 49.5 Å². The van der Waals surface area contributed by atoms with E-state index in [0.29, 0.717) is 19.3 Å². The summed E-state index contributed by atoms with van der Waals surface area (Å²) in [5, 5.41) is 9.22. The molecule has 2 aliphatic rings. The number of rotatable bonds is 2. The normalized spacial score (nSPS) is 18.9. The lowest BCUT2D eigenvalue weighted by Crippen LogP contribution is -2.35. The van der Waals surface area contributed by atoms with E-state index in [1.54, 1.807) is 0 Å². The highest BCUT2D eigenvalue weighted by Crippen LogP contribution is 2.36. The minimum Gasteiger partial charge on any atom is -0.490 e. The summed E-state index contributed by atoms with van der Waals surface area (Å²) in [6.45, 7) is 3.54. The van der Waals surface area contributed by atoms with Gasteiger partial charge >= 0.3 is 0 Å². The van der Waals surface area contributed by atoms with Crippen molar-refractivity contribution in [3.63, 3.8) is 0 Å². The third-order valence-electron chi connectivity index (χ3n) is 4.31. The summed E-state index contributed by atoms with van der Waals surface area (Å²) in [5.74, 6) is 2.61. The number of anilines is 1. The summed E-state index contributed by atoms with van der Waals surface area (Å²) < 4.78 is 11.6. The minimum atomic E-state index is 0.482. The van der Waals surface area contributed by atoms with Gasteiger partial charge < -0.3 is 20.1 Å². The molecule has 0 saturated carbocycles. The van der Waals surface area contributed by atoms with Gasteiger partial charge in [0.05, 0.1) is 13.2 Å². The molecule has 2 N–H and O–H groups in total. The van der Waals surface area contributed by atoms with Crippen molar-refractivity contribution in [2.45, 2.75) is 25.3 Å². The van der Waals surface area contributed by atoms with Gasteiger partial charge in [0, 0.05) is 24.0 Å². The van der Waals surface area contributed by atoms with Crippen LogP contribution in [0.4, 0.5) is 5.82 Å². The second-order valence-corrected chi connectivity index (χ2v) is 5.90. The average molecular weight is 299 g/mol. The first-order valence-corrected chi connectivity index (χ1v) is 8.06. The second-order valence-electron chi connectivity index (χ2n) is 5.90. The lowest BCUT2D eigenvalue weighted by atomic mass is 10.1. The van der Waals surface area contributed by atoms with Crippen LogP contribution in [0.1, 0.15) is 19.3 Å². The molecule has 0 radical (unpaired) electrons. The van der Waals surface area contributed by atoms with Crippen molar-refractivity contribution in [2.75, 3.05) is 31.6 Å². The highest BCUT2D eigenvalue weighted by atomic mass is 16.5. The molecular weight excluding hydrogens is 278 g/mol. The molecule has 0 bridgehead atoms. The molecule has 4 rings (SSSR count). The Bertz CT molecular complexity index is 668. The van der Waals surface area contributed by atoms with E-state index >= 15 is 0 Å². The summed E-state index contributed by atoms with van der Waals surface area (Å²) in [4.78, 5) is 4.55. The maximum Gasteiger partial charge on any atom is 0.161 e. The molecule has 2 aliphatic heterocycles. The Hall–Kier alpha value is -2.01. The zero-order chi connectivity index (χ0) is 14.8. The van der Waals surface area contributed by atoms with Crippen LogP contribution in [0.3, 0.4) is 0 Å². The Morgan fingerprint density at radius 1 is 1.09 bits per heavy atom. The predicted molar refractivity (Wildman–Crippen MR) is 86.9 cm³/mol. The third-order valence-corrected chi connectivity index (χ3v) is 4.31. The van der Waals surface area contributed by atoms with Crippen LogP contribution in [-0.4, -0.2) is 37.3 Å². The number of fused-ring (bicyclic) bond motifs is 2. The number of pyridine rings is 1. The summed E-state index contributed by atoms with van der Waals surface area (Å²) in [7, 11) is 0. The molecule has 0 aliphatic carbocycles. The molecule has 5 heteroatoms. The largest absolute Gasteiger partial charge is 0.490 e. The Balaban J connectivity index is 1.70. The van der Waals surface area contributed by atoms with Crippen LogP contribution >= 0.6 is 0 Å². The molecule has 1 aromatic heterocycles. The van der Waals surface area contributed by atoms with E-state index in [-0.39, 0.29) is 0 Å². The molecule has 3 heterocycles. The van der Waals surface area contributed by atoms with E-state index in [1.807, 2.05) is 12.3 Å². The fourth-order valence-corrected chi connectivity index (χ4v) is 3.10. The molecule has 2 aromatic rings. The molecule has 22 heavy (non-hydrogen) atoms. The van der Waals surface area contributed by atoms with E-state index in [0.717, 1.165) is 60.4 Å². The van der Waals surface area contributed by atoms with Crippen LogP contribution in [0.15, 0.2) is 24.4 Å². The molecule has 1 fully saturated rings. The Kier molecular flexibility index (Phi) is 3.72. The van der Waals surface area contributed by atoms with Crippen LogP contribution < -0.4 is 20.1 Å². The van der Waals surface area contributed by atoms with Crippen molar-refractivity contribution in [3.05, 3.63) is 24.4 Å². The quantitative estimate of drug-likeness (QED) is 0.892. The van der Waals surface area contributed by atoms with Crippen molar-refractivity contribution >= 4 is 16.6 Å². The summed E-state index contributed by atoms with van der Waals surface area (Å²) in [5.41, 5.74) is 0. The molecule has 1 aromatic carbocycles. The van der Waals surface area contributed by atoms with E-state index in [2.05, 4.69) is 27.8 Å². The molecule has 0 atom stereocenters. The average Bonchev–Trinajstić information content (AvgIpc) is 2.79. The van der Waals surface area contributed by atoms with Gasteiger partial charge in [-0.15, -0.1) is 0 Å². The molecule has 1 saturated heterocycles. The number of benzene rings is 1. The van der Waals surface area contributed by atoms with Crippen molar-refractivity contribution in [2.24, 2.45) is 0 Å². The van der Waals surface area contributed by atoms with Crippen molar-refractivity contribution < 1.29 is 9.47 Å². The van der Waals surface area contributed by atoms with E-state index < -0.39 is 0 Å². The standard InChI is InChI=1S/C17H21N3O2/c1-8-21-15-10-12-2-7-19-17(14(12)11-16(15)22-9-1)20-13-3-5-18-6-4-13/h2,7,10-11,13,18H,1,3-6,8-9H2,(H,19,20). The topological polar surface area (TPSA) is 55.4 Å². The van der Waals surface area contributed by atoms with Gasteiger partial charge in [0.2, 0.25) is 0 Å². The van der Waals surface area contributed by atoms with Crippen molar-refractivity contribution in [1.82, 2.24) is 10.3 Å². The first-order chi connectivity index (χ1) is 10.9. The molecular formula is C17H21N3O2. The second kappa shape index (κ2) is 6.01. The predicted octanol–water partition coefficient (Wildman–Crippen LogP) is 2.56. The molecule has 5 nitrogen and oxygen atoms in total. The number of nitrogens with one attached hydrogen (secondary N) is 2. The Morgan fingerprint density at radius 3 is 2.68 bits per heavy atom. The number of hydrogen-bond donors (Lipinski definition) is 2. The first-order valence-electron chi connectivity index (χ1n) is 8.06. The smallest absolute Gasteiger partial charge is 0.161 e. The van der Waals surface area contributed by atoms with E-state index in [4.69, 9.17) is 9.47 Å². The number of nitrogens with zero attached hydrogens (tertiary/aromatic N) is 1. The summed E-state index contributed by atoms with van der Waals surface area (Å²) in [6, 6.07) is 6.63. The van der Waals surface area contributed by atoms with Gasteiger partial charge in [0.15, 0.2) is 11.5 Å². The van der Waals surface area contributed by atoms with Gasteiger partial charge in [-0.3, -0.25) is 0 Å². The number of hydrogen-bond acceptors (Lipinski definition) is 5. The Morgan fingerprint density at radius 2 is 1.86 bits per heavy atom. The fourth-order valence-electron chi connectivity index (χ4n) is 3.10. The summed E-state index contributed by atoms with van der Waals surface area (Å²) in [6.07, 6.45) is 5.03. The maximum absolute atomic E-state index is 5.81. The fraction of sp³-hybridized carbons (Fsp3) is 0.471. The van der Waals surface area contributed by atoms with Crippen LogP contribution in [0, 0.1) is 0 Å². The molecule has 116 valence electrons. The van der Waals surface area contributed by atoms with Gasteiger partial charge in [-0.1, -0.05) is 0 Å². The van der Waals surface area contributed by atoms with Gasteiger partial charge in [-0.25, -0.2) is 4.98 Å². The minimum absolute atomic E-state index is 0.482. The van der Waals surface area contributed by atoms with Crippen LogP contribution in [-0.2, 0) is 0 Å². The zero-order valence-electron chi connectivity index (χ0n) is 12.6. The van der Waals surface area contributed by atoms with Gasteiger partial charge in [-0.2, -0.15) is 0 Å². The number of ether oxygens (including phenoxy) is 2. The van der Waals surface area contributed by atoms with Gasteiger partial charge in [0.1, 0.15) is 5.82 Å². The van der Waals surface area contributed by atoms with E-state index in [9.17, 15) is 0 Å². The number of piperidine rings is 1.